The van der Waals surface area contributed by atoms with Crippen molar-refractivity contribution >= 4 is 6.09 Å². The highest BCUT2D eigenvalue weighted by Crippen LogP contribution is 2.36. The van der Waals surface area contributed by atoms with Gasteiger partial charge in [-0.25, -0.2) is 4.79 Å². The third kappa shape index (κ3) is 5.32. The summed E-state index contributed by atoms with van der Waals surface area (Å²) in [6.45, 7) is 5.79. The molecule has 5 nitrogen and oxygen atoms in total. The van der Waals surface area contributed by atoms with Crippen molar-refractivity contribution in [2.24, 2.45) is 11.8 Å². The van der Waals surface area contributed by atoms with Crippen LogP contribution in [0.3, 0.4) is 0 Å². The van der Waals surface area contributed by atoms with E-state index >= 15 is 0 Å². The van der Waals surface area contributed by atoms with Crippen LogP contribution in [0.4, 0.5) is 4.79 Å². The van der Waals surface area contributed by atoms with Gasteiger partial charge in [-0.15, -0.1) is 0 Å². The van der Waals surface area contributed by atoms with Crippen LogP contribution in [0.5, 0.6) is 0 Å². The number of nitrogens with one attached hydrogen (secondary N) is 1. The van der Waals surface area contributed by atoms with Gasteiger partial charge in [0.25, 0.3) is 0 Å². The minimum Gasteiger partial charge on any atom is -0.442 e. The second-order valence-corrected chi connectivity index (χ2v) is 5.20. The molecule has 2 N–H and O–H groups in total. The van der Waals surface area contributed by atoms with Gasteiger partial charge in [0.2, 0.25) is 0 Å². The van der Waals surface area contributed by atoms with E-state index in [2.05, 4.69) is 5.48 Å². The molecule has 1 amide bonds. The molecule has 16 heavy (non-hydrogen) atoms. The number of hydrogen-bond acceptors (Lipinski definition) is 4. The second kappa shape index (κ2) is 5.50. The van der Waals surface area contributed by atoms with Gasteiger partial charge in [0.1, 0.15) is 5.60 Å². The molecule has 0 spiro atoms. The van der Waals surface area contributed by atoms with E-state index < -0.39 is 11.7 Å². The van der Waals surface area contributed by atoms with Crippen molar-refractivity contribution in [2.75, 3.05) is 13.2 Å². The summed E-state index contributed by atoms with van der Waals surface area (Å²) in [6, 6.07) is 0. The highest BCUT2D eigenvalue weighted by atomic mass is 16.7. The van der Waals surface area contributed by atoms with Gasteiger partial charge >= 0.3 is 6.09 Å². The lowest BCUT2D eigenvalue weighted by atomic mass is 10.1. The predicted molar refractivity (Wildman–Crippen MR) is 58.6 cm³/mol. The average Bonchev–Trinajstić information content (AvgIpc) is 2.92. The molecule has 0 radical (unpaired) electrons. The molecule has 1 saturated carbocycles. The average molecular weight is 231 g/mol. The van der Waals surface area contributed by atoms with Crippen LogP contribution in [0.2, 0.25) is 0 Å². The van der Waals surface area contributed by atoms with Gasteiger partial charge in [0, 0.05) is 12.5 Å². The van der Waals surface area contributed by atoms with Gasteiger partial charge in [-0.2, -0.15) is 5.48 Å². The molecule has 1 unspecified atom stereocenters. The van der Waals surface area contributed by atoms with Crippen LogP contribution in [0, 0.1) is 11.8 Å². The first kappa shape index (κ1) is 13.3. The fourth-order valence-corrected chi connectivity index (χ4v) is 1.41. The minimum absolute atomic E-state index is 0.0979. The van der Waals surface area contributed by atoms with E-state index in [-0.39, 0.29) is 12.5 Å². The quantitative estimate of drug-likeness (QED) is 0.703. The van der Waals surface area contributed by atoms with Crippen LogP contribution in [0.15, 0.2) is 0 Å². The Balaban J connectivity index is 2.12. The number of hydrogen-bond donors (Lipinski definition) is 2. The number of amides is 1. The van der Waals surface area contributed by atoms with Crippen molar-refractivity contribution in [2.45, 2.75) is 39.2 Å². The maximum Gasteiger partial charge on any atom is 0.431 e. The Morgan fingerprint density at radius 3 is 2.56 bits per heavy atom. The Kier molecular flexibility index (Phi) is 4.56. The summed E-state index contributed by atoms with van der Waals surface area (Å²) < 4.78 is 4.99. The molecule has 1 rings (SSSR count). The van der Waals surface area contributed by atoms with E-state index in [4.69, 9.17) is 14.7 Å². The van der Waals surface area contributed by atoms with Crippen molar-refractivity contribution in [1.82, 2.24) is 5.48 Å². The van der Waals surface area contributed by atoms with E-state index in [1.165, 1.54) is 0 Å². The van der Waals surface area contributed by atoms with Crippen LogP contribution in [0.25, 0.3) is 0 Å². The number of aliphatic hydroxyl groups is 1. The van der Waals surface area contributed by atoms with E-state index in [1.54, 1.807) is 20.8 Å². The molecule has 94 valence electrons. The van der Waals surface area contributed by atoms with Gasteiger partial charge < -0.3 is 9.84 Å². The summed E-state index contributed by atoms with van der Waals surface area (Å²) in [7, 11) is 0. The van der Waals surface area contributed by atoms with Crippen molar-refractivity contribution in [3.8, 4) is 0 Å². The summed E-state index contributed by atoms with van der Waals surface area (Å²) in [5, 5.41) is 9.06. The largest absolute Gasteiger partial charge is 0.442 e. The van der Waals surface area contributed by atoms with E-state index in [0.717, 1.165) is 12.8 Å². The van der Waals surface area contributed by atoms with Gasteiger partial charge in [-0.05, 0) is 39.5 Å². The summed E-state index contributed by atoms with van der Waals surface area (Å²) in [4.78, 5) is 16.2. The van der Waals surface area contributed by atoms with Crippen molar-refractivity contribution in [1.29, 1.82) is 0 Å². The highest BCUT2D eigenvalue weighted by molar-refractivity contribution is 5.66. The SMILES string of the molecule is CC(C)(C)OC(=O)NOCC(CO)C1CC1. The van der Waals surface area contributed by atoms with Gasteiger partial charge in [0.05, 0.1) is 6.61 Å². The molecule has 0 heterocycles. The molecule has 0 aromatic carbocycles. The lowest BCUT2D eigenvalue weighted by Gasteiger charge is -2.20. The fourth-order valence-electron chi connectivity index (χ4n) is 1.41. The summed E-state index contributed by atoms with van der Waals surface area (Å²) in [6.07, 6.45) is 1.68. The Hall–Kier alpha value is -0.810. The Bertz CT molecular complexity index is 233. The number of ether oxygens (including phenoxy) is 1. The molecule has 1 atom stereocenters. The molecule has 0 aromatic rings. The molecular formula is C11H21NO4. The monoisotopic (exact) mass is 231 g/mol. The second-order valence-electron chi connectivity index (χ2n) is 5.20. The third-order valence-corrected chi connectivity index (χ3v) is 2.37. The smallest absolute Gasteiger partial charge is 0.431 e. The third-order valence-electron chi connectivity index (χ3n) is 2.37. The van der Waals surface area contributed by atoms with Crippen LogP contribution in [-0.4, -0.2) is 30.0 Å². The van der Waals surface area contributed by atoms with Crippen molar-refractivity contribution in [3.05, 3.63) is 0 Å². The summed E-state index contributed by atoms with van der Waals surface area (Å²) in [5.41, 5.74) is 1.69. The van der Waals surface area contributed by atoms with Crippen LogP contribution in [-0.2, 0) is 9.57 Å². The first-order chi connectivity index (χ1) is 7.42. The van der Waals surface area contributed by atoms with Crippen LogP contribution >= 0.6 is 0 Å². The fraction of sp³-hybridized carbons (Fsp3) is 0.909. The molecule has 1 fully saturated rings. The molecule has 0 saturated heterocycles. The number of carbonyl (C=O) groups excluding carboxylic acids is 1. The Labute approximate surface area is 96.1 Å². The first-order valence-electron chi connectivity index (χ1n) is 5.64. The van der Waals surface area contributed by atoms with Gasteiger partial charge in [0.15, 0.2) is 0 Å². The van der Waals surface area contributed by atoms with Crippen molar-refractivity contribution < 1.29 is 19.5 Å². The molecule has 0 aliphatic heterocycles. The molecule has 1 aliphatic carbocycles. The first-order valence-corrected chi connectivity index (χ1v) is 5.64. The van der Waals surface area contributed by atoms with Gasteiger partial charge in [-0.1, -0.05) is 0 Å². The number of carbonyl (C=O) groups is 1. The maximum absolute atomic E-state index is 11.2. The highest BCUT2D eigenvalue weighted by Gasteiger charge is 2.31. The predicted octanol–water partition coefficient (Wildman–Crippen LogP) is 1.46. The lowest BCUT2D eigenvalue weighted by Crippen LogP contribution is -2.34. The van der Waals surface area contributed by atoms with E-state index in [1.807, 2.05) is 0 Å². The van der Waals surface area contributed by atoms with Gasteiger partial charge in [-0.3, -0.25) is 4.84 Å². The summed E-state index contributed by atoms with van der Waals surface area (Å²) >= 11 is 0. The van der Waals surface area contributed by atoms with E-state index in [9.17, 15) is 4.79 Å². The topological polar surface area (TPSA) is 67.8 Å². The molecular weight excluding hydrogens is 210 g/mol. The number of rotatable bonds is 5. The maximum atomic E-state index is 11.2. The number of aliphatic hydroxyl groups excluding tert-OH is 1. The number of hydroxylamine groups is 1. The van der Waals surface area contributed by atoms with Crippen LogP contribution in [0.1, 0.15) is 33.6 Å². The Morgan fingerprint density at radius 1 is 1.50 bits per heavy atom. The molecule has 1 aliphatic rings. The molecule has 5 heteroatoms. The zero-order valence-corrected chi connectivity index (χ0v) is 10.2. The summed E-state index contributed by atoms with van der Waals surface area (Å²) in [5.74, 6) is 0.667. The molecule has 0 bridgehead atoms. The van der Waals surface area contributed by atoms with Crippen molar-refractivity contribution in [3.63, 3.8) is 0 Å². The standard InChI is InChI=1S/C11H21NO4/c1-11(2,3)16-10(14)12-15-7-9(6-13)8-4-5-8/h8-9,13H,4-7H2,1-3H3,(H,12,14). The molecule has 0 aromatic heterocycles. The lowest BCUT2D eigenvalue weighted by molar-refractivity contribution is -0.0262. The Morgan fingerprint density at radius 2 is 2.12 bits per heavy atom. The zero-order valence-electron chi connectivity index (χ0n) is 10.2. The minimum atomic E-state index is -0.597. The normalized spacial score (nSPS) is 18.0. The zero-order chi connectivity index (χ0) is 12.2. The van der Waals surface area contributed by atoms with Crippen LogP contribution < -0.4 is 5.48 Å². The van der Waals surface area contributed by atoms with E-state index in [0.29, 0.717) is 12.5 Å².